The summed E-state index contributed by atoms with van der Waals surface area (Å²) in [5.74, 6) is -0.845. The van der Waals surface area contributed by atoms with E-state index < -0.39 is 5.97 Å². The van der Waals surface area contributed by atoms with Crippen molar-refractivity contribution in [3.05, 3.63) is 35.4 Å². The molecule has 0 saturated carbocycles. The average molecular weight is 223 g/mol. The highest BCUT2D eigenvalue weighted by Crippen LogP contribution is 2.09. The number of ether oxygens (including phenoxy) is 1. The van der Waals surface area contributed by atoms with Gasteiger partial charge in [-0.3, -0.25) is 4.79 Å². The Bertz CT molecular complexity index is 339. The standard InChI is InChI=1S/C12H17NO3/c1-2-16-9-11-6-4-3-5-10(11)7-13-8-12(14)15/h3-6,13H,2,7-9H2,1H3,(H,14,15). The van der Waals surface area contributed by atoms with E-state index in [1.807, 2.05) is 31.2 Å². The molecular weight excluding hydrogens is 206 g/mol. The molecule has 0 bridgehead atoms. The van der Waals surface area contributed by atoms with E-state index in [1.54, 1.807) is 0 Å². The molecule has 1 aromatic carbocycles. The van der Waals surface area contributed by atoms with E-state index in [0.717, 1.165) is 11.1 Å². The van der Waals surface area contributed by atoms with Crippen molar-refractivity contribution in [2.24, 2.45) is 0 Å². The molecule has 1 aromatic rings. The second-order valence-electron chi connectivity index (χ2n) is 3.40. The van der Waals surface area contributed by atoms with Crippen LogP contribution in [0.3, 0.4) is 0 Å². The van der Waals surface area contributed by atoms with E-state index in [9.17, 15) is 4.79 Å². The summed E-state index contributed by atoms with van der Waals surface area (Å²) in [7, 11) is 0. The first-order valence-electron chi connectivity index (χ1n) is 5.31. The third-order valence-electron chi connectivity index (χ3n) is 2.17. The molecule has 1 rings (SSSR count). The van der Waals surface area contributed by atoms with Crippen LogP contribution in [0.1, 0.15) is 18.1 Å². The summed E-state index contributed by atoms with van der Waals surface area (Å²) in [6.45, 7) is 3.72. The number of rotatable bonds is 7. The van der Waals surface area contributed by atoms with Gasteiger partial charge in [0.15, 0.2) is 0 Å². The molecule has 0 amide bonds. The largest absolute Gasteiger partial charge is 0.480 e. The quantitative estimate of drug-likeness (QED) is 0.733. The van der Waals surface area contributed by atoms with Crippen LogP contribution in [0.15, 0.2) is 24.3 Å². The lowest BCUT2D eigenvalue weighted by molar-refractivity contribution is -0.135. The zero-order valence-corrected chi connectivity index (χ0v) is 9.40. The molecule has 0 heterocycles. The first kappa shape index (κ1) is 12.7. The Hall–Kier alpha value is -1.39. The number of hydrogen-bond acceptors (Lipinski definition) is 3. The van der Waals surface area contributed by atoms with Gasteiger partial charge in [-0.2, -0.15) is 0 Å². The highest BCUT2D eigenvalue weighted by atomic mass is 16.5. The number of nitrogens with one attached hydrogen (secondary N) is 1. The fourth-order valence-corrected chi connectivity index (χ4v) is 1.39. The van der Waals surface area contributed by atoms with Crippen LogP contribution in [0.4, 0.5) is 0 Å². The molecule has 0 aromatic heterocycles. The zero-order chi connectivity index (χ0) is 11.8. The monoisotopic (exact) mass is 223 g/mol. The van der Waals surface area contributed by atoms with Crippen molar-refractivity contribution >= 4 is 5.97 Å². The smallest absolute Gasteiger partial charge is 0.317 e. The van der Waals surface area contributed by atoms with Gasteiger partial charge < -0.3 is 15.2 Å². The van der Waals surface area contributed by atoms with Gasteiger partial charge in [-0.05, 0) is 18.1 Å². The lowest BCUT2D eigenvalue weighted by atomic mass is 10.1. The summed E-state index contributed by atoms with van der Waals surface area (Å²) in [5, 5.41) is 11.4. The molecule has 88 valence electrons. The maximum atomic E-state index is 10.4. The van der Waals surface area contributed by atoms with Crippen molar-refractivity contribution < 1.29 is 14.6 Å². The van der Waals surface area contributed by atoms with Gasteiger partial charge in [-0.1, -0.05) is 24.3 Å². The lowest BCUT2D eigenvalue weighted by Crippen LogP contribution is -2.22. The first-order chi connectivity index (χ1) is 7.74. The maximum Gasteiger partial charge on any atom is 0.317 e. The Balaban J connectivity index is 2.52. The van der Waals surface area contributed by atoms with Gasteiger partial charge in [0.25, 0.3) is 0 Å². The van der Waals surface area contributed by atoms with Crippen LogP contribution < -0.4 is 5.32 Å². The first-order valence-corrected chi connectivity index (χ1v) is 5.31. The van der Waals surface area contributed by atoms with Gasteiger partial charge in [0.2, 0.25) is 0 Å². The molecule has 0 aliphatic rings. The highest BCUT2D eigenvalue weighted by molar-refractivity contribution is 5.69. The number of carbonyl (C=O) groups is 1. The Morgan fingerprint density at radius 1 is 1.38 bits per heavy atom. The van der Waals surface area contributed by atoms with E-state index in [4.69, 9.17) is 9.84 Å². The molecule has 0 radical (unpaired) electrons. The highest BCUT2D eigenvalue weighted by Gasteiger charge is 2.02. The summed E-state index contributed by atoms with van der Waals surface area (Å²) in [5.41, 5.74) is 2.18. The van der Waals surface area contributed by atoms with Crippen LogP contribution in [0.2, 0.25) is 0 Å². The molecule has 4 heteroatoms. The molecule has 0 aliphatic carbocycles. The van der Waals surface area contributed by atoms with Crippen molar-refractivity contribution in [3.63, 3.8) is 0 Å². The lowest BCUT2D eigenvalue weighted by Gasteiger charge is -2.09. The van der Waals surface area contributed by atoms with Crippen molar-refractivity contribution in [2.75, 3.05) is 13.2 Å². The van der Waals surface area contributed by atoms with Gasteiger partial charge in [-0.25, -0.2) is 0 Å². The minimum absolute atomic E-state index is 0.0248. The number of aliphatic carboxylic acids is 1. The zero-order valence-electron chi connectivity index (χ0n) is 9.40. The molecule has 0 aliphatic heterocycles. The molecule has 0 spiro atoms. The Morgan fingerprint density at radius 2 is 2.06 bits per heavy atom. The fraction of sp³-hybridized carbons (Fsp3) is 0.417. The average Bonchev–Trinajstić information content (AvgIpc) is 2.27. The third-order valence-corrected chi connectivity index (χ3v) is 2.17. The van der Waals surface area contributed by atoms with Gasteiger partial charge in [0.05, 0.1) is 13.2 Å². The van der Waals surface area contributed by atoms with Gasteiger partial charge in [0.1, 0.15) is 0 Å². The van der Waals surface area contributed by atoms with Crippen LogP contribution in [0.25, 0.3) is 0 Å². The van der Waals surface area contributed by atoms with Gasteiger partial charge in [0, 0.05) is 13.2 Å². The number of benzene rings is 1. The van der Waals surface area contributed by atoms with Crippen LogP contribution in [0, 0.1) is 0 Å². The minimum Gasteiger partial charge on any atom is -0.480 e. The SMILES string of the molecule is CCOCc1ccccc1CNCC(=O)O. The molecule has 2 N–H and O–H groups in total. The predicted molar refractivity (Wildman–Crippen MR) is 61.1 cm³/mol. The van der Waals surface area contributed by atoms with E-state index >= 15 is 0 Å². The van der Waals surface area contributed by atoms with E-state index in [0.29, 0.717) is 19.8 Å². The molecule has 0 saturated heterocycles. The Morgan fingerprint density at radius 3 is 2.69 bits per heavy atom. The summed E-state index contributed by atoms with van der Waals surface area (Å²) in [6, 6.07) is 7.86. The summed E-state index contributed by atoms with van der Waals surface area (Å²) >= 11 is 0. The minimum atomic E-state index is -0.845. The van der Waals surface area contributed by atoms with Crippen molar-refractivity contribution in [2.45, 2.75) is 20.1 Å². The second kappa shape index (κ2) is 6.98. The molecule has 16 heavy (non-hydrogen) atoms. The van der Waals surface area contributed by atoms with Crippen molar-refractivity contribution in [1.82, 2.24) is 5.32 Å². The van der Waals surface area contributed by atoms with Crippen molar-refractivity contribution in [1.29, 1.82) is 0 Å². The van der Waals surface area contributed by atoms with Gasteiger partial charge in [-0.15, -0.1) is 0 Å². The predicted octanol–water partition coefficient (Wildman–Crippen LogP) is 1.40. The third kappa shape index (κ3) is 4.42. The number of carboxylic acids is 1. The molecular formula is C12H17NO3. The number of carboxylic acid groups (broad SMARTS) is 1. The normalized spacial score (nSPS) is 10.3. The van der Waals surface area contributed by atoms with Crippen LogP contribution in [-0.2, 0) is 22.7 Å². The molecule has 0 fully saturated rings. The van der Waals surface area contributed by atoms with Crippen LogP contribution >= 0.6 is 0 Å². The fourth-order valence-electron chi connectivity index (χ4n) is 1.39. The van der Waals surface area contributed by atoms with E-state index in [1.165, 1.54) is 0 Å². The summed E-state index contributed by atoms with van der Waals surface area (Å²) < 4.78 is 5.34. The Labute approximate surface area is 95.2 Å². The second-order valence-corrected chi connectivity index (χ2v) is 3.40. The summed E-state index contributed by atoms with van der Waals surface area (Å²) in [6.07, 6.45) is 0. The van der Waals surface area contributed by atoms with E-state index in [2.05, 4.69) is 5.32 Å². The summed E-state index contributed by atoms with van der Waals surface area (Å²) in [4.78, 5) is 10.4. The van der Waals surface area contributed by atoms with Gasteiger partial charge >= 0.3 is 5.97 Å². The number of hydrogen-bond donors (Lipinski definition) is 2. The van der Waals surface area contributed by atoms with Crippen LogP contribution in [-0.4, -0.2) is 24.2 Å². The van der Waals surface area contributed by atoms with E-state index in [-0.39, 0.29) is 6.54 Å². The Kier molecular flexibility index (Phi) is 5.53. The molecule has 0 atom stereocenters. The topological polar surface area (TPSA) is 58.6 Å². The van der Waals surface area contributed by atoms with Crippen molar-refractivity contribution in [3.8, 4) is 0 Å². The molecule has 0 unspecified atom stereocenters. The maximum absolute atomic E-state index is 10.4. The van der Waals surface area contributed by atoms with Crippen LogP contribution in [0.5, 0.6) is 0 Å². The molecule has 4 nitrogen and oxygen atoms in total.